The summed E-state index contributed by atoms with van der Waals surface area (Å²) in [5, 5.41) is 0.194. The van der Waals surface area contributed by atoms with Crippen LogP contribution in [-0.2, 0) is 11.2 Å². The summed E-state index contributed by atoms with van der Waals surface area (Å²) in [5.74, 6) is -0.0971. The summed E-state index contributed by atoms with van der Waals surface area (Å²) in [6.45, 7) is 0. The summed E-state index contributed by atoms with van der Waals surface area (Å²) in [4.78, 5) is 12.1. The Hall–Kier alpha value is -0.420. The molecule has 0 aliphatic rings. The van der Waals surface area contributed by atoms with Crippen LogP contribution in [0, 0.1) is 0 Å². The standard InChI is InChI=1S/C11H11BrF2OS/c1-16-9-2-3-10(11(13)14)7(5-9)4-8(15)6-12/h2-3,5,11H,4,6H2,1H3. The van der Waals surface area contributed by atoms with Gasteiger partial charge in [0.25, 0.3) is 6.43 Å². The van der Waals surface area contributed by atoms with Crippen molar-refractivity contribution in [2.45, 2.75) is 17.7 Å². The summed E-state index contributed by atoms with van der Waals surface area (Å²) in [7, 11) is 0. The van der Waals surface area contributed by atoms with E-state index in [4.69, 9.17) is 0 Å². The Kier molecular flexibility index (Phi) is 5.41. The first-order valence-corrected chi connectivity index (χ1v) is 6.95. The van der Waals surface area contributed by atoms with Gasteiger partial charge in [0.2, 0.25) is 0 Å². The molecule has 1 aromatic carbocycles. The molecule has 0 saturated carbocycles. The summed E-state index contributed by atoms with van der Waals surface area (Å²) in [5.41, 5.74) is 0.374. The molecule has 16 heavy (non-hydrogen) atoms. The van der Waals surface area contributed by atoms with Crippen molar-refractivity contribution >= 4 is 33.5 Å². The van der Waals surface area contributed by atoms with Crippen molar-refractivity contribution in [3.05, 3.63) is 29.3 Å². The van der Waals surface area contributed by atoms with Crippen molar-refractivity contribution in [2.75, 3.05) is 11.6 Å². The van der Waals surface area contributed by atoms with Gasteiger partial charge in [0.15, 0.2) is 0 Å². The Balaban J connectivity index is 3.05. The molecule has 0 unspecified atom stereocenters. The second kappa shape index (κ2) is 6.35. The summed E-state index contributed by atoms with van der Waals surface area (Å²) in [6, 6.07) is 4.70. The Labute approximate surface area is 106 Å². The molecule has 0 radical (unpaired) electrons. The lowest BCUT2D eigenvalue weighted by molar-refractivity contribution is -0.115. The smallest absolute Gasteiger partial charge is 0.264 e. The van der Waals surface area contributed by atoms with E-state index in [9.17, 15) is 13.6 Å². The number of rotatable bonds is 5. The van der Waals surface area contributed by atoms with Crippen LogP contribution in [0.15, 0.2) is 23.1 Å². The number of carbonyl (C=O) groups excluding carboxylic acids is 1. The summed E-state index contributed by atoms with van der Waals surface area (Å²) in [6.07, 6.45) is -0.610. The second-order valence-electron chi connectivity index (χ2n) is 3.21. The van der Waals surface area contributed by atoms with Crippen LogP contribution in [0.25, 0.3) is 0 Å². The van der Waals surface area contributed by atoms with Crippen LogP contribution >= 0.6 is 27.7 Å². The first-order chi connectivity index (χ1) is 7.58. The number of Topliss-reactive ketones (excluding diaryl/α,β-unsaturated/α-hetero) is 1. The number of halogens is 3. The van der Waals surface area contributed by atoms with Gasteiger partial charge in [-0.05, 0) is 24.0 Å². The highest BCUT2D eigenvalue weighted by Gasteiger charge is 2.15. The maximum Gasteiger partial charge on any atom is 0.264 e. The molecule has 5 heteroatoms. The number of thioether (sulfide) groups is 1. The zero-order valence-electron chi connectivity index (χ0n) is 8.67. The summed E-state index contributed by atoms with van der Waals surface area (Å²) < 4.78 is 25.4. The van der Waals surface area contributed by atoms with Crippen LogP contribution in [0.2, 0.25) is 0 Å². The first kappa shape index (κ1) is 13.6. The third-order valence-electron chi connectivity index (χ3n) is 2.12. The summed E-state index contributed by atoms with van der Waals surface area (Å²) >= 11 is 4.50. The van der Waals surface area contributed by atoms with Crippen LogP contribution < -0.4 is 0 Å². The normalized spacial score (nSPS) is 10.8. The Morgan fingerprint density at radius 1 is 1.50 bits per heavy atom. The van der Waals surface area contributed by atoms with Crippen LogP contribution in [-0.4, -0.2) is 17.4 Å². The van der Waals surface area contributed by atoms with Crippen LogP contribution in [0.5, 0.6) is 0 Å². The Bertz CT molecular complexity index is 382. The number of alkyl halides is 3. The molecule has 1 nitrogen and oxygen atoms in total. The molecule has 0 bridgehead atoms. The molecule has 0 aliphatic carbocycles. The van der Waals surface area contributed by atoms with Crippen molar-refractivity contribution in [3.63, 3.8) is 0 Å². The highest BCUT2D eigenvalue weighted by Crippen LogP contribution is 2.27. The molecule has 0 fully saturated rings. The van der Waals surface area contributed by atoms with Gasteiger partial charge in [-0.2, -0.15) is 0 Å². The first-order valence-electron chi connectivity index (χ1n) is 4.61. The van der Waals surface area contributed by atoms with E-state index in [2.05, 4.69) is 15.9 Å². The highest BCUT2D eigenvalue weighted by atomic mass is 79.9. The predicted molar refractivity (Wildman–Crippen MR) is 65.7 cm³/mol. The van der Waals surface area contributed by atoms with Crippen molar-refractivity contribution in [2.24, 2.45) is 0 Å². The Morgan fingerprint density at radius 2 is 2.19 bits per heavy atom. The zero-order chi connectivity index (χ0) is 12.1. The van der Waals surface area contributed by atoms with E-state index < -0.39 is 6.43 Å². The van der Waals surface area contributed by atoms with Crippen LogP contribution in [0.3, 0.4) is 0 Å². The molecule has 0 N–H and O–H groups in total. The lowest BCUT2D eigenvalue weighted by atomic mass is 10.0. The van der Waals surface area contributed by atoms with Gasteiger partial charge in [-0.25, -0.2) is 8.78 Å². The van der Waals surface area contributed by atoms with E-state index in [1.165, 1.54) is 17.8 Å². The monoisotopic (exact) mass is 308 g/mol. The number of benzene rings is 1. The molecule has 1 aromatic rings. The minimum absolute atomic E-state index is 0.0490. The molecule has 1 rings (SSSR count). The van der Waals surface area contributed by atoms with E-state index in [1.54, 1.807) is 12.1 Å². The van der Waals surface area contributed by atoms with Gasteiger partial charge in [-0.3, -0.25) is 4.79 Å². The molecular formula is C11H11BrF2OS. The second-order valence-corrected chi connectivity index (χ2v) is 4.65. The third-order valence-corrected chi connectivity index (χ3v) is 3.47. The van der Waals surface area contributed by atoms with E-state index in [-0.39, 0.29) is 23.1 Å². The van der Waals surface area contributed by atoms with E-state index >= 15 is 0 Å². The highest BCUT2D eigenvalue weighted by molar-refractivity contribution is 9.09. The number of hydrogen-bond acceptors (Lipinski definition) is 2. The van der Waals surface area contributed by atoms with Gasteiger partial charge in [0.1, 0.15) is 5.78 Å². The molecule has 0 spiro atoms. The molecule has 0 atom stereocenters. The van der Waals surface area contributed by atoms with Crippen LogP contribution in [0.1, 0.15) is 17.6 Å². The maximum atomic E-state index is 12.7. The third kappa shape index (κ3) is 3.56. The van der Waals surface area contributed by atoms with Crippen molar-refractivity contribution < 1.29 is 13.6 Å². The lowest BCUT2D eigenvalue weighted by Crippen LogP contribution is -2.06. The molecular weight excluding hydrogens is 298 g/mol. The number of carbonyl (C=O) groups is 1. The predicted octanol–water partition coefficient (Wildman–Crippen LogP) is 3.85. The molecule has 0 heterocycles. The average molecular weight is 309 g/mol. The van der Waals surface area contributed by atoms with Gasteiger partial charge in [0.05, 0.1) is 5.33 Å². The fraction of sp³-hybridized carbons (Fsp3) is 0.364. The quantitative estimate of drug-likeness (QED) is 0.607. The minimum atomic E-state index is -2.53. The van der Waals surface area contributed by atoms with Gasteiger partial charge >= 0.3 is 0 Å². The largest absolute Gasteiger partial charge is 0.298 e. The number of hydrogen-bond donors (Lipinski definition) is 0. The molecule has 0 saturated heterocycles. The van der Waals surface area contributed by atoms with Gasteiger partial charge in [0, 0.05) is 16.9 Å². The van der Waals surface area contributed by atoms with E-state index in [0.29, 0.717) is 5.56 Å². The molecule has 0 aliphatic heterocycles. The lowest BCUT2D eigenvalue weighted by Gasteiger charge is -2.09. The van der Waals surface area contributed by atoms with Gasteiger partial charge < -0.3 is 0 Å². The topological polar surface area (TPSA) is 17.1 Å². The minimum Gasteiger partial charge on any atom is -0.298 e. The van der Waals surface area contributed by atoms with E-state index in [0.717, 1.165) is 4.90 Å². The van der Waals surface area contributed by atoms with Crippen molar-refractivity contribution in [1.82, 2.24) is 0 Å². The zero-order valence-corrected chi connectivity index (χ0v) is 11.1. The van der Waals surface area contributed by atoms with E-state index in [1.807, 2.05) is 6.26 Å². The SMILES string of the molecule is CSc1ccc(C(F)F)c(CC(=O)CBr)c1. The average Bonchev–Trinajstić information content (AvgIpc) is 2.28. The maximum absolute atomic E-state index is 12.7. The van der Waals surface area contributed by atoms with Crippen molar-refractivity contribution in [3.8, 4) is 0 Å². The van der Waals surface area contributed by atoms with Gasteiger partial charge in [-0.15, -0.1) is 11.8 Å². The van der Waals surface area contributed by atoms with Crippen LogP contribution in [0.4, 0.5) is 8.78 Å². The fourth-order valence-electron chi connectivity index (χ4n) is 1.33. The molecule has 88 valence electrons. The molecule has 0 amide bonds. The van der Waals surface area contributed by atoms with Gasteiger partial charge in [-0.1, -0.05) is 22.0 Å². The van der Waals surface area contributed by atoms with Crippen molar-refractivity contribution in [1.29, 1.82) is 0 Å². The fourth-order valence-corrected chi connectivity index (χ4v) is 2.00. The molecule has 0 aromatic heterocycles. The Morgan fingerprint density at radius 3 is 2.69 bits per heavy atom. The number of ketones is 1.